The number of likely N-dealkylation sites (N-methyl/N-ethyl adjacent to an activating group) is 1. The molecule has 0 unspecified atom stereocenters. The molecule has 0 bridgehead atoms. The monoisotopic (exact) mass is 250 g/mol. The molecule has 1 aromatic heterocycles. The average molecular weight is 250 g/mol. The summed E-state index contributed by atoms with van der Waals surface area (Å²) >= 11 is 0. The first kappa shape index (κ1) is 13.0. The predicted molar refractivity (Wildman–Crippen MR) is 74.2 cm³/mol. The number of nitrogens with zero attached hydrogens (tertiary/aromatic N) is 4. The molecule has 0 spiro atoms. The van der Waals surface area contributed by atoms with E-state index in [0.29, 0.717) is 0 Å². The van der Waals surface area contributed by atoms with Gasteiger partial charge in [-0.25, -0.2) is 9.97 Å². The van der Waals surface area contributed by atoms with Crippen molar-refractivity contribution in [2.24, 2.45) is 0 Å². The van der Waals surface area contributed by atoms with Crippen LogP contribution in [0.15, 0.2) is 12.4 Å². The lowest BCUT2D eigenvalue weighted by Gasteiger charge is -2.29. The zero-order valence-corrected chi connectivity index (χ0v) is 11.2. The van der Waals surface area contributed by atoms with Crippen molar-refractivity contribution in [1.82, 2.24) is 20.2 Å². The number of aromatic nitrogens is 2. The fourth-order valence-electron chi connectivity index (χ4n) is 2.03. The maximum atomic E-state index is 4.29. The first-order chi connectivity index (χ1) is 8.79. The van der Waals surface area contributed by atoms with Gasteiger partial charge in [0.25, 0.3) is 0 Å². The molecular weight excluding hydrogens is 228 g/mol. The van der Waals surface area contributed by atoms with Crippen molar-refractivity contribution < 1.29 is 0 Å². The molecule has 1 aliphatic heterocycles. The maximum Gasteiger partial charge on any atom is 0.133 e. The van der Waals surface area contributed by atoms with Crippen molar-refractivity contribution in [3.8, 4) is 0 Å². The van der Waals surface area contributed by atoms with E-state index in [1.165, 1.54) is 0 Å². The summed E-state index contributed by atoms with van der Waals surface area (Å²) in [7, 11) is 3.94. The standard InChI is InChI=1S/C12H22N6/c1-13-11-9-12(16-10-15-11)17(2)7-8-18-5-3-14-4-6-18/h9-10,14H,3-8H2,1-2H3,(H,13,15,16). The van der Waals surface area contributed by atoms with E-state index in [9.17, 15) is 0 Å². The van der Waals surface area contributed by atoms with E-state index in [2.05, 4.69) is 37.4 Å². The molecule has 6 nitrogen and oxygen atoms in total. The van der Waals surface area contributed by atoms with Crippen LogP contribution in [-0.4, -0.2) is 68.2 Å². The molecule has 0 aliphatic carbocycles. The van der Waals surface area contributed by atoms with Gasteiger partial charge in [-0.2, -0.15) is 0 Å². The van der Waals surface area contributed by atoms with E-state index in [0.717, 1.165) is 50.9 Å². The molecule has 0 saturated carbocycles. The Morgan fingerprint density at radius 1 is 1.39 bits per heavy atom. The van der Waals surface area contributed by atoms with Crippen LogP contribution < -0.4 is 15.5 Å². The third kappa shape index (κ3) is 3.54. The highest BCUT2D eigenvalue weighted by atomic mass is 15.2. The van der Waals surface area contributed by atoms with Crippen molar-refractivity contribution in [2.75, 3.05) is 63.6 Å². The third-order valence-electron chi connectivity index (χ3n) is 3.26. The zero-order valence-electron chi connectivity index (χ0n) is 11.2. The Morgan fingerprint density at radius 3 is 2.89 bits per heavy atom. The van der Waals surface area contributed by atoms with E-state index in [1.54, 1.807) is 6.33 Å². The highest BCUT2D eigenvalue weighted by molar-refractivity contribution is 5.47. The minimum atomic E-state index is 0.856. The first-order valence-electron chi connectivity index (χ1n) is 6.43. The van der Waals surface area contributed by atoms with Gasteiger partial charge in [0.05, 0.1) is 0 Å². The van der Waals surface area contributed by atoms with Crippen LogP contribution in [0.1, 0.15) is 0 Å². The molecule has 1 fully saturated rings. The minimum Gasteiger partial charge on any atom is -0.373 e. The molecule has 1 aromatic rings. The van der Waals surface area contributed by atoms with Crippen molar-refractivity contribution in [1.29, 1.82) is 0 Å². The summed E-state index contributed by atoms with van der Waals surface area (Å²) in [6, 6.07) is 1.97. The fourth-order valence-corrected chi connectivity index (χ4v) is 2.03. The highest BCUT2D eigenvalue weighted by Crippen LogP contribution is 2.11. The summed E-state index contributed by atoms with van der Waals surface area (Å²) in [6.45, 7) is 6.54. The number of hydrogen-bond acceptors (Lipinski definition) is 6. The van der Waals surface area contributed by atoms with Gasteiger partial charge in [-0.15, -0.1) is 0 Å². The zero-order chi connectivity index (χ0) is 12.8. The lowest BCUT2D eigenvalue weighted by Crippen LogP contribution is -2.46. The second-order valence-corrected chi connectivity index (χ2v) is 4.52. The first-order valence-corrected chi connectivity index (χ1v) is 6.43. The van der Waals surface area contributed by atoms with Gasteiger partial charge in [0.1, 0.15) is 18.0 Å². The summed E-state index contributed by atoms with van der Waals surface area (Å²) in [5.74, 6) is 1.82. The Balaban J connectivity index is 1.84. The molecule has 2 N–H and O–H groups in total. The molecule has 1 saturated heterocycles. The molecule has 0 amide bonds. The summed E-state index contributed by atoms with van der Waals surface area (Å²) in [5, 5.41) is 6.40. The molecular formula is C12H22N6. The quantitative estimate of drug-likeness (QED) is 0.758. The topological polar surface area (TPSA) is 56.3 Å². The third-order valence-corrected chi connectivity index (χ3v) is 3.26. The number of rotatable bonds is 5. The average Bonchev–Trinajstić information content (AvgIpc) is 2.46. The minimum absolute atomic E-state index is 0.856. The van der Waals surface area contributed by atoms with Crippen LogP contribution >= 0.6 is 0 Å². The normalized spacial score (nSPS) is 16.6. The Kier molecular flexibility index (Phi) is 4.72. The molecule has 2 heterocycles. The predicted octanol–water partition coefficient (Wildman–Crippen LogP) is -0.140. The summed E-state index contributed by atoms with van der Waals surface area (Å²) in [4.78, 5) is 13.1. The van der Waals surface area contributed by atoms with E-state index in [1.807, 2.05) is 13.1 Å². The SMILES string of the molecule is CNc1cc(N(C)CCN2CCNCC2)ncn1. The van der Waals surface area contributed by atoms with Crippen molar-refractivity contribution >= 4 is 11.6 Å². The van der Waals surface area contributed by atoms with Crippen LogP contribution in [0.25, 0.3) is 0 Å². The largest absolute Gasteiger partial charge is 0.373 e. The number of hydrogen-bond donors (Lipinski definition) is 2. The molecule has 0 radical (unpaired) electrons. The molecule has 2 rings (SSSR count). The van der Waals surface area contributed by atoms with Crippen molar-refractivity contribution in [3.05, 3.63) is 12.4 Å². The van der Waals surface area contributed by atoms with Crippen LogP contribution in [0.4, 0.5) is 11.6 Å². The molecule has 1 aliphatic rings. The van der Waals surface area contributed by atoms with Gasteiger partial charge in [0.2, 0.25) is 0 Å². The van der Waals surface area contributed by atoms with Crippen LogP contribution in [-0.2, 0) is 0 Å². The van der Waals surface area contributed by atoms with Crippen LogP contribution in [0.3, 0.4) is 0 Å². The van der Waals surface area contributed by atoms with Gasteiger partial charge < -0.3 is 15.5 Å². The number of piperazine rings is 1. The summed E-state index contributed by atoms with van der Waals surface area (Å²) in [6.07, 6.45) is 1.60. The number of nitrogens with one attached hydrogen (secondary N) is 2. The summed E-state index contributed by atoms with van der Waals surface area (Å²) < 4.78 is 0. The van der Waals surface area contributed by atoms with Crippen molar-refractivity contribution in [3.63, 3.8) is 0 Å². The smallest absolute Gasteiger partial charge is 0.133 e. The van der Waals surface area contributed by atoms with Crippen molar-refractivity contribution in [2.45, 2.75) is 0 Å². The maximum absolute atomic E-state index is 4.29. The molecule has 100 valence electrons. The van der Waals surface area contributed by atoms with E-state index in [4.69, 9.17) is 0 Å². The van der Waals surface area contributed by atoms with E-state index >= 15 is 0 Å². The van der Waals surface area contributed by atoms with Gasteiger partial charge in [-0.3, -0.25) is 4.90 Å². The van der Waals surface area contributed by atoms with E-state index in [-0.39, 0.29) is 0 Å². The molecule has 0 aromatic carbocycles. The fraction of sp³-hybridized carbons (Fsp3) is 0.667. The Bertz CT molecular complexity index is 363. The van der Waals surface area contributed by atoms with Gasteiger partial charge in [-0.1, -0.05) is 0 Å². The van der Waals surface area contributed by atoms with Crippen LogP contribution in [0.2, 0.25) is 0 Å². The van der Waals surface area contributed by atoms with Crippen LogP contribution in [0.5, 0.6) is 0 Å². The van der Waals surface area contributed by atoms with Gasteiger partial charge in [0, 0.05) is 59.4 Å². The summed E-state index contributed by atoms with van der Waals surface area (Å²) in [5.41, 5.74) is 0. The van der Waals surface area contributed by atoms with Gasteiger partial charge in [-0.05, 0) is 0 Å². The van der Waals surface area contributed by atoms with Gasteiger partial charge >= 0.3 is 0 Å². The number of anilines is 2. The van der Waals surface area contributed by atoms with Gasteiger partial charge in [0.15, 0.2) is 0 Å². The molecule has 0 atom stereocenters. The Hall–Kier alpha value is -1.40. The Morgan fingerprint density at radius 2 is 2.17 bits per heavy atom. The second-order valence-electron chi connectivity index (χ2n) is 4.52. The molecule has 18 heavy (non-hydrogen) atoms. The Labute approximate surface area is 108 Å². The highest BCUT2D eigenvalue weighted by Gasteiger charge is 2.11. The second kappa shape index (κ2) is 6.51. The van der Waals surface area contributed by atoms with E-state index < -0.39 is 0 Å². The van der Waals surface area contributed by atoms with Crippen LogP contribution in [0, 0.1) is 0 Å². The molecule has 6 heteroatoms. The lowest BCUT2D eigenvalue weighted by atomic mass is 10.3. The lowest BCUT2D eigenvalue weighted by molar-refractivity contribution is 0.246.